The van der Waals surface area contributed by atoms with Gasteiger partial charge in [0.25, 0.3) is 0 Å². The van der Waals surface area contributed by atoms with Crippen LogP contribution >= 0.6 is 0 Å². The normalized spacial score (nSPS) is 30.6. The molecule has 0 aromatic carbocycles. The van der Waals surface area contributed by atoms with Crippen molar-refractivity contribution >= 4 is 5.91 Å². The lowest BCUT2D eigenvalue weighted by molar-refractivity contribution is -0.146. The third kappa shape index (κ3) is 2.95. The molecule has 1 amide bonds. The number of piperidine rings is 1. The highest BCUT2D eigenvalue weighted by atomic mass is 16.5. The zero-order valence-corrected chi connectivity index (χ0v) is 12.6. The number of carbonyl (C=O) groups is 1. The minimum absolute atomic E-state index is 0.303. The fourth-order valence-corrected chi connectivity index (χ4v) is 3.33. The van der Waals surface area contributed by atoms with E-state index in [1.807, 2.05) is 0 Å². The number of methoxy groups -OCH3 is 1. The van der Waals surface area contributed by atoms with Crippen LogP contribution in [0.25, 0.3) is 0 Å². The van der Waals surface area contributed by atoms with Gasteiger partial charge in [-0.3, -0.25) is 4.79 Å². The summed E-state index contributed by atoms with van der Waals surface area (Å²) in [5, 5.41) is 3.32. The first-order valence-corrected chi connectivity index (χ1v) is 7.54. The predicted octanol–water partition coefficient (Wildman–Crippen LogP) is 1.65. The molecule has 4 heteroatoms. The molecule has 1 N–H and O–H groups in total. The van der Waals surface area contributed by atoms with Gasteiger partial charge in [0.2, 0.25) is 5.91 Å². The number of amides is 1. The van der Waals surface area contributed by atoms with Crippen molar-refractivity contribution in [1.29, 1.82) is 0 Å². The molecule has 2 aliphatic heterocycles. The molecule has 0 aromatic rings. The molecule has 19 heavy (non-hydrogen) atoms. The Balaban J connectivity index is 2.00. The smallest absolute Gasteiger partial charge is 0.232 e. The van der Waals surface area contributed by atoms with Gasteiger partial charge in [0, 0.05) is 26.7 Å². The fraction of sp³-hybridized carbons (Fsp3) is 0.933. The van der Waals surface area contributed by atoms with E-state index in [0.717, 1.165) is 45.4 Å². The van der Waals surface area contributed by atoms with Gasteiger partial charge in [0.05, 0.1) is 12.0 Å². The van der Waals surface area contributed by atoms with Gasteiger partial charge in [-0.25, -0.2) is 0 Å². The van der Waals surface area contributed by atoms with Gasteiger partial charge in [-0.2, -0.15) is 0 Å². The summed E-state index contributed by atoms with van der Waals surface area (Å²) in [5.41, 5.74) is 0.119. The summed E-state index contributed by atoms with van der Waals surface area (Å²) in [5.74, 6) is 0.303. The number of hydrogen-bond donors (Lipinski definition) is 1. The van der Waals surface area contributed by atoms with Gasteiger partial charge in [-0.05, 0) is 31.2 Å². The number of carbonyl (C=O) groups excluding carboxylic acids is 1. The standard InChI is InChI=1S/C15H28N2O2/c1-4-14(2)6-9-17(10-7-14)13(18)15(12-19-3)5-8-16-11-15/h16H,4-12H2,1-3H3. The molecule has 2 rings (SSSR count). The van der Waals surface area contributed by atoms with Gasteiger partial charge >= 0.3 is 0 Å². The first-order valence-electron chi connectivity index (χ1n) is 7.54. The lowest BCUT2D eigenvalue weighted by atomic mass is 9.77. The second kappa shape index (κ2) is 5.80. The number of nitrogens with one attached hydrogen (secondary N) is 1. The minimum atomic E-state index is -0.311. The molecule has 0 spiro atoms. The first-order chi connectivity index (χ1) is 9.05. The Kier molecular flexibility index (Phi) is 4.51. The van der Waals surface area contributed by atoms with Gasteiger partial charge in [0.1, 0.15) is 0 Å². The Morgan fingerprint density at radius 3 is 2.47 bits per heavy atom. The van der Waals surface area contributed by atoms with Gasteiger partial charge in [-0.15, -0.1) is 0 Å². The van der Waals surface area contributed by atoms with Crippen molar-refractivity contribution < 1.29 is 9.53 Å². The number of nitrogens with zero attached hydrogens (tertiary/aromatic N) is 1. The molecule has 2 aliphatic rings. The molecular weight excluding hydrogens is 240 g/mol. The van der Waals surface area contributed by atoms with Crippen LogP contribution in [0, 0.1) is 10.8 Å². The molecule has 1 unspecified atom stereocenters. The van der Waals surface area contributed by atoms with E-state index in [9.17, 15) is 4.79 Å². The van der Waals surface area contributed by atoms with Crippen molar-refractivity contribution in [3.63, 3.8) is 0 Å². The Morgan fingerprint density at radius 1 is 1.32 bits per heavy atom. The maximum atomic E-state index is 12.8. The number of ether oxygens (including phenoxy) is 1. The van der Waals surface area contributed by atoms with Crippen LogP contribution in [-0.2, 0) is 9.53 Å². The average Bonchev–Trinajstić information content (AvgIpc) is 2.89. The Labute approximate surface area is 116 Å². The fourth-order valence-electron chi connectivity index (χ4n) is 3.33. The topological polar surface area (TPSA) is 41.6 Å². The van der Waals surface area contributed by atoms with E-state index in [4.69, 9.17) is 4.74 Å². The van der Waals surface area contributed by atoms with E-state index in [2.05, 4.69) is 24.1 Å². The van der Waals surface area contributed by atoms with Crippen molar-refractivity contribution in [2.45, 2.75) is 39.5 Å². The molecule has 0 aromatic heterocycles. The minimum Gasteiger partial charge on any atom is -0.384 e. The summed E-state index contributed by atoms with van der Waals surface area (Å²) in [6, 6.07) is 0. The molecule has 4 nitrogen and oxygen atoms in total. The van der Waals surface area contributed by atoms with E-state index in [1.54, 1.807) is 7.11 Å². The Morgan fingerprint density at radius 2 is 2.00 bits per heavy atom. The molecule has 0 radical (unpaired) electrons. The highest BCUT2D eigenvalue weighted by molar-refractivity contribution is 5.83. The third-order valence-corrected chi connectivity index (χ3v) is 5.23. The second-order valence-corrected chi connectivity index (χ2v) is 6.60. The number of likely N-dealkylation sites (tertiary alicyclic amines) is 1. The van der Waals surface area contributed by atoms with Crippen LogP contribution in [0.2, 0.25) is 0 Å². The summed E-state index contributed by atoms with van der Waals surface area (Å²) in [4.78, 5) is 14.9. The Bertz CT molecular complexity index is 316. The van der Waals surface area contributed by atoms with Gasteiger partial charge in [-0.1, -0.05) is 20.3 Å². The molecule has 0 bridgehead atoms. The highest BCUT2D eigenvalue weighted by Gasteiger charge is 2.45. The molecule has 2 saturated heterocycles. The van der Waals surface area contributed by atoms with Crippen molar-refractivity contribution in [1.82, 2.24) is 10.2 Å². The zero-order valence-electron chi connectivity index (χ0n) is 12.6. The largest absolute Gasteiger partial charge is 0.384 e. The van der Waals surface area contributed by atoms with E-state index in [-0.39, 0.29) is 5.41 Å². The van der Waals surface area contributed by atoms with Crippen LogP contribution in [0.1, 0.15) is 39.5 Å². The van der Waals surface area contributed by atoms with E-state index < -0.39 is 0 Å². The number of rotatable bonds is 4. The lowest BCUT2D eigenvalue weighted by Gasteiger charge is -2.42. The number of hydrogen-bond acceptors (Lipinski definition) is 3. The molecule has 1 atom stereocenters. The molecule has 2 heterocycles. The van der Waals surface area contributed by atoms with Crippen LogP contribution in [0.5, 0.6) is 0 Å². The third-order valence-electron chi connectivity index (χ3n) is 5.23. The van der Waals surface area contributed by atoms with Crippen molar-refractivity contribution in [2.24, 2.45) is 10.8 Å². The average molecular weight is 268 g/mol. The molecule has 0 aliphatic carbocycles. The summed E-state index contributed by atoms with van der Waals surface area (Å²) in [6.07, 6.45) is 4.37. The SMILES string of the molecule is CCC1(C)CCN(C(=O)C2(COC)CCNC2)CC1. The zero-order chi connectivity index (χ0) is 13.9. The summed E-state index contributed by atoms with van der Waals surface area (Å²) >= 11 is 0. The summed E-state index contributed by atoms with van der Waals surface area (Å²) in [6.45, 7) is 8.65. The van der Waals surface area contributed by atoms with Crippen molar-refractivity contribution in [2.75, 3.05) is 39.9 Å². The molecule has 2 fully saturated rings. The van der Waals surface area contributed by atoms with Crippen LogP contribution in [-0.4, -0.2) is 50.7 Å². The predicted molar refractivity (Wildman–Crippen MR) is 76.0 cm³/mol. The van der Waals surface area contributed by atoms with Crippen molar-refractivity contribution in [3.05, 3.63) is 0 Å². The van der Waals surface area contributed by atoms with E-state index in [1.165, 1.54) is 6.42 Å². The Hall–Kier alpha value is -0.610. The monoisotopic (exact) mass is 268 g/mol. The highest BCUT2D eigenvalue weighted by Crippen LogP contribution is 2.36. The first kappa shape index (κ1) is 14.8. The molecular formula is C15H28N2O2. The van der Waals surface area contributed by atoms with Crippen molar-refractivity contribution in [3.8, 4) is 0 Å². The van der Waals surface area contributed by atoms with E-state index >= 15 is 0 Å². The lowest BCUT2D eigenvalue weighted by Crippen LogP contribution is -2.51. The van der Waals surface area contributed by atoms with Crippen LogP contribution in [0.3, 0.4) is 0 Å². The van der Waals surface area contributed by atoms with Crippen LogP contribution in [0.4, 0.5) is 0 Å². The summed E-state index contributed by atoms with van der Waals surface area (Å²) < 4.78 is 5.32. The van der Waals surface area contributed by atoms with Crippen LogP contribution in [0.15, 0.2) is 0 Å². The van der Waals surface area contributed by atoms with E-state index in [0.29, 0.717) is 17.9 Å². The van der Waals surface area contributed by atoms with Gasteiger partial charge < -0.3 is 15.0 Å². The van der Waals surface area contributed by atoms with Crippen LogP contribution < -0.4 is 5.32 Å². The molecule has 110 valence electrons. The quantitative estimate of drug-likeness (QED) is 0.843. The van der Waals surface area contributed by atoms with Gasteiger partial charge in [0.15, 0.2) is 0 Å². The second-order valence-electron chi connectivity index (χ2n) is 6.60. The summed E-state index contributed by atoms with van der Waals surface area (Å²) in [7, 11) is 1.69. The molecule has 0 saturated carbocycles. The maximum absolute atomic E-state index is 12.8. The maximum Gasteiger partial charge on any atom is 0.232 e.